The van der Waals surface area contributed by atoms with Crippen LogP contribution in [0.3, 0.4) is 0 Å². The highest BCUT2D eigenvalue weighted by molar-refractivity contribution is 7.13. The van der Waals surface area contributed by atoms with Crippen molar-refractivity contribution in [1.82, 2.24) is 4.98 Å². The van der Waals surface area contributed by atoms with E-state index in [1.165, 1.54) is 0 Å². The number of hydrogen-bond donors (Lipinski definition) is 1. The van der Waals surface area contributed by atoms with E-state index in [-0.39, 0.29) is 0 Å². The van der Waals surface area contributed by atoms with Crippen LogP contribution in [-0.4, -0.2) is 4.98 Å². The van der Waals surface area contributed by atoms with E-state index in [9.17, 15) is 13.2 Å². The smallest absolute Gasteiger partial charge is 0.398 e. The molecule has 2 rings (SSSR count). The maximum atomic E-state index is 12.4. The quantitative estimate of drug-likeness (QED) is 0.792. The second-order valence-electron chi connectivity index (χ2n) is 3.63. The molecule has 1 aromatic carbocycles. The van der Waals surface area contributed by atoms with Crippen molar-refractivity contribution in [1.29, 1.82) is 0 Å². The Balaban J connectivity index is 2.47. The van der Waals surface area contributed by atoms with Crippen LogP contribution in [0.25, 0.3) is 10.6 Å². The minimum Gasteiger partial charge on any atom is -0.398 e. The number of anilines is 1. The highest BCUT2D eigenvalue weighted by Crippen LogP contribution is 2.35. The summed E-state index contributed by atoms with van der Waals surface area (Å²) in [5, 5.41) is 1.29. The molecule has 0 radical (unpaired) electrons. The summed E-state index contributed by atoms with van der Waals surface area (Å²) in [6, 6.07) is 5.20. The Morgan fingerprint density at radius 3 is 2.59 bits per heavy atom. The monoisotopic (exact) mass is 258 g/mol. The lowest BCUT2D eigenvalue weighted by Crippen LogP contribution is -2.05. The minimum absolute atomic E-state index is 0.290. The van der Waals surface area contributed by atoms with Crippen LogP contribution in [0, 0.1) is 6.92 Å². The topological polar surface area (TPSA) is 38.9 Å². The molecule has 0 aliphatic rings. The third-order valence-electron chi connectivity index (χ3n) is 2.23. The van der Waals surface area contributed by atoms with Crippen molar-refractivity contribution in [2.45, 2.75) is 13.1 Å². The number of rotatable bonds is 1. The standard InChI is InChI=1S/C11H9F3N2S/c1-6-2-3-8(15)7(4-6)10-16-9(5-17-10)11(12,13)14/h2-5H,15H2,1H3. The average molecular weight is 258 g/mol. The zero-order valence-corrected chi connectivity index (χ0v) is 9.69. The molecule has 2 N–H and O–H groups in total. The van der Waals surface area contributed by atoms with Crippen LogP contribution >= 0.6 is 11.3 Å². The molecule has 17 heavy (non-hydrogen) atoms. The molecule has 0 saturated carbocycles. The number of nitrogen functional groups attached to an aromatic ring is 1. The second kappa shape index (κ2) is 4.03. The van der Waals surface area contributed by atoms with Crippen molar-refractivity contribution in [2.24, 2.45) is 0 Å². The molecule has 0 unspecified atom stereocenters. The number of nitrogens with zero attached hydrogens (tertiary/aromatic N) is 1. The van der Waals surface area contributed by atoms with E-state index in [2.05, 4.69) is 4.98 Å². The molecule has 1 aromatic heterocycles. The lowest BCUT2D eigenvalue weighted by atomic mass is 10.1. The van der Waals surface area contributed by atoms with Gasteiger partial charge in [-0.3, -0.25) is 0 Å². The normalized spacial score (nSPS) is 11.8. The Morgan fingerprint density at radius 1 is 1.29 bits per heavy atom. The van der Waals surface area contributed by atoms with Crippen LogP contribution in [0.1, 0.15) is 11.3 Å². The largest absolute Gasteiger partial charge is 0.434 e. The number of aromatic nitrogens is 1. The van der Waals surface area contributed by atoms with Crippen molar-refractivity contribution in [3.05, 3.63) is 34.8 Å². The van der Waals surface area contributed by atoms with Gasteiger partial charge in [0.1, 0.15) is 5.01 Å². The van der Waals surface area contributed by atoms with Gasteiger partial charge in [-0.2, -0.15) is 13.2 Å². The zero-order valence-electron chi connectivity index (χ0n) is 8.88. The summed E-state index contributed by atoms with van der Waals surface area (Å²) in [6.07, 6.45) is -4.41. The Kier molecular flexibility index (Phi) is 2.82. The Bertz CT molecular complexity index is 546. The zero-order chi connectivity index (χ0) is 12.6. The Labute approximate surface area is 99.9 Å². The lowest BCUT2D eigenvalue weighted by molar-refractivity contribution is -0.140. The number of halogens is 3. The van der Waals surface area contributed by atoms with Crippen LogP contribution in [0.2, 0.25) is 0 Å². The summed E-state index contributed by atoms with van der Waals surface area (Å²) in [5.74, 6) is 0. The second-order valence-corrected chi connectivity index (χ2v) is 4.48. The van der Waals surface area contributed by atoms with Crippen LogP contribution in [0.15, 0.2) is 23.6 Å². The first kappa shape index (κ1) is 11.9. The molecule has 0 aliphatic carbocycles. The van der Waals surface area contributed by atoms with Crippen molar-refractivity contribution >= 4 is 17.0 Å². The summed E-state index contributed by atoms with van der Waals surface area (Å²) in [4.78, 5) is 3.57. The average Bonchev–Trinajstić information content (AvgIpc) is 2.70. The summed E-state index contributed by atoms with van der Waals surface area (Å²) in [7, 11) is 0. The van der Waals surface area contributed by atoms with Gasteiger partial charge in [-0.1, -0.05) is 11.6 Å². The molecule has 0 atom stereocenters. The van der Waals surface area contributed by atoms with Gasteiger partial charge in [0.05, 0.1) is 0 Å². The van der Waals surface area contributed by atoms with Gasteiger partial charge in [-0.25, -0.2) is 4.98 Å². The molecule has 2 aromatic rings. The summed E-state index contributed by atoms with van der Waals surface area (Å²) >= 11 is 0.941. The first-order valence-corrected chi connectivity index (χ1v) is 5.65. The molecule has 2 nitrogen and oxygen atoms in total. The predicted octanol–water partition coefficient (Wildman–Crippen LogP) is 3.72. The van der Waals surface area contributed by atoms with Gasteiger partial charge >= 0.3 is 6.18 Å². The lowest BCUT2D eigenvalue weighted by Gasteiger charge is -2.04. The van der Waals surface area contributed by atoms with Crippen LogP contribution in [-0.2, 0) is 6.18 Å². The summed E-state index contributed by atoms with van der Waals surface area (Å²) < 4.78 is 37.2. The molecule has 0 fully saturated rings. The Morgan fingerprint density at radius 2 is 2.00 bits per heavy atom. The highest BCUT2D eigenvalue weighted by atomic mass is 32.1. The van der Waals surface area contributed by atoms with E-state index in [1.54, 1.807) is 18.2 Å². The first-order chi connectivity index (χ1) is 7.88. The van der Waals surface area contributed by atoms with E-state index in [1.807, 2.05) is 6.92 Å². The van der Waals surface area contributed by atoms with E-state index in [4.69, 9.17) is 5.73 Å². The molecule has 0 saturated heterocycles. The van der Waals surface area contributed by atoms with Gasteiger partial charge in [0, 0.05) is 16.6 Å². The van der Waals surface area contributed by atoms with Crippen LogP contribution in [0.5, 0.6) is 0 Å². The first-order valence-electron chi connectivity index (χ1n) is 4.77. The fraction of sp³-hybridized carbons (Fsp3) is 0.182. The van der Waals surface area contributed by atoms with Gasteiger partial charge in [-0.05, 0) is 19.1 Å². The minimum atomic E-state index is -4.41. The molecule has 0 amide bonds. The number of alkyl halides is 3. The molecule has 6 heteroatoms. The van der Waals surface area contributed by atoms with E-state index < -0.39 is 11.9 Å². The maximum absolute atomic E-state index is 12.4. The number of aryl methyl sites for hydroxylation is 1. The Hall–Kier alpha value is -1.56. The number of nitrogens with two attached hydrogens (primary N) is 1. The van der Waals surface area contributed by atoms with E-state index in [0.717, 1.165) is 22.3 Å². The molecule has 0 bridgehead atoms. The van der Waals surface area contributed by atoms with Crippen molar-refractivity contribution in [3.63, 3.8) is 0 Å². The fourth-order valence-corrected chi connectivity index (χ4v) is 2.25. The van der Waals surface area contributed by atoms with E-state index in [0.29, 0.717) is 16.3 Å². The summed E-state index contributed by atoms with van der Waals surface area (Å²) in [6.45, 7) is 1.85. The van der Waals surface area contributed by atoms with Crippen molar-refractivity contribution < 1.29 is 13.2 Å². The van der Waals surface area contributed by atoms with Crippen molar-refractivity contribution in [3.8, 4) is 10.6 Å². The molecular weight excluding hydrogens is 249 g/mol. The van der Waals surface area contributed by atoms with Gasteiger partial charge in [-0.15, -0.1) is 11.3 Å². The number of benzene rings is 1. The van der Waals surface area contributed by atoms with Gasteiger partial charge < -0.3 is 5.73 Å². The molecule has 90 valence electrons. The molecule has 0 aliphatic heterocycles. The molecule has 1 heterocycles. The SMILES string of the molecule is Cc1ccc(N)c(-c2nc(C(F)(F)F)cs2)c1. The summed E-state index contributed by atoms with van der Waals surface area (Å²) in [5.41, 5.74) is 6.75. The third kappa shape index (κ3) is 2.41. The van der Waals surface area contributed by atoms with Crippen molar-refractivity contribution in [2.75, 3.05) is 5.73 Å². The van der Waals surface area contributed by atoms with Crippen LogP contribution in [0.4, 0.5) is 18.9 Å². The third-order valence-corrected chi connectivity index (χ3v) is 3.11. The number of hydrogen-bond acceptors (Lipinski definition) is 3. The highest BCUT2D eigenvalue weighted by Gasteiger charge is 2.33. The molecule has 0 spiro atoms. The molecular formula is C11H9F3N2S. The van der Waals surface area contributed by atoms with E-state index >= 15 is 0 Å². The van der Waals surface area contributed by atoms with Crippen LogP contribution < -0.4 is 5.73 Å². The predicted molar refractivity (Wildman–Crippen MR) is 61.7 cm³/mol. The fourth-order valence-electron chi connectivity index (χ4n) is 1.38. The van der Waals surface area contributed by atoms with Gasteiger partial charge in [0.15, 0.2) is 5.69 Å². The van der Waals surface area contributed by atoms with Gasteiger partial charge in [0.25, 0.3) is 0 Å². The maximum Gasteiger partial charge on any atom is 0.434 e. The van der Waals surface area contributed by atoms with Gasteiger partial charge in [0.2, 0.25) is 0 Å². The number of thiazole rings is 1.